The fraction of sp³-hybridized carbons (Fsp3) is 0.240. The molecule has 0 radical (unpaired) electrons. The van der Waals surface area contributed by atoms with Gasteiger partial charge in [0, 0.05) is 36.5 Å². The molecular formula is C25H24N4O. The van der Waals surface area contributed by atoms with E-state index in [4.69, 9.17) is 0 Å². The van der Waals surface area contributed by atoms with Crippen LogP contribution in [0.1, 0.15) is 40.7 Å². The fourth-order valence-corrected chi connectivity index (χ4v) is 3.79. The second-order valence-electron chi connectivity index (χ2n) is 8.10. The summed E-state index contributed by atoms with van der Waals surface area (Å²) >= 11 is 0. The number of carbonyl (C=O) groups is 1. The summed E-state index contributed by atoms with van der Waals surface area (Å²) in [5, 5.41) is 3.40. The molecule has 0 spiro atoms. The molecule has 0 atom stereocenters. The first-order valence-corrected chi connectivity index (χ1v) is 10.4. The maximum Gasteiger partial charge on any atom is 0.180 e. The molecule has 1 fully saturated rings. The normalized spacial score (nSPS) is 13.5. The van der Waals surface area contributed by atoms with E-state index >= 15 is 0 Å². The number of hydrogen-bond acceptors (Lipinski definition) is 4. The molecule has 5 heteroatoms. The molecular weight excluding hydrogens is 372 g/mol. The summed E-state index contributed by atoms with van der Waals surface area (Å²) in [6, 6.07) is 16.3. The van der Waals surface area contributed by atoms with E-state index < -0.39 is 0 Å². The molecule has 0 amide bonds. The maximum absolute atomic E-state index is 12.3. The van der Waals surface area contributed by atoms with Crippen molar-refractivity contribution in [3.63, 3.8) is 0 Å². The summed E-state index contributed by atoms with van der Waals surface area (Å²) < 4.78 is 2.03. The third-order valence-electron chi connectivity index (χ3n) is 5.64. The minimum atomic E-state index is 0.244. The van der Waals surface area contributed by atoms with E-state index in [1.54, 1.807) is 6.20 Å². The van der Waals surface area contributed by atoms with Crippen molar-refractivity contribution in [1.29, 1.82) is 0 Å². The highest BCUT2D eigenvalue weighted by molar-refractivity contribution is 5.96. The molecule has 5 nitrogen and oxygen atoms in total. The van der Waals surface area contributed by atoms with E-state index in [9.17, 15) is 4.79 Å². The summed E-state index contributed by atoms with van der Waals surface area (Å²) in [4.78, 5) is 21.4. The minimum absolute atomic E-state index is 0.244. The number of benzene rings is 2. The Kier molecular flexibility index (Phi) is 4.79. The molecule has 2 heterocycles. The molecule has 150 valence electrons. The zero-order valence-corrected chi connectivity index (χ0v) is 17.0. The number of aryl methyl sites for hydroxylation is 1. The van der Waals surface area contributed by atoms with Crippen molar-refractivity contribution < 1.29 is 4.79 Å². The highest BCUT2D eigenvalue weighted by Gasteiger charge is 2.24. The molecule has 0 saturated heterocycles. The van der Waals surface area contributed by atoms with Crippen LogP contribution < -0.4 is 5.32 Å². The molecule has 2 aromatic carbocycles. The molecule has 1 aliphatic carbocycles. The van der Waals surface area contributed by atoms with Gasteiger partial charge in [-0.25, -0.2) is 9.97 Å². The Labute approximate surface area is 175 Å². The van der Waals surface area contributed by atoms with E-state index in [0.717, 1.165) is 28.3 Å². The number of anilines is 1. The third-order valence-corrected chi connectivity index (χ3v) is 5.64. The van der Waals surface area contributed by atoms with Gasteiger partial charge < -0.3 is 5.32 Å². The summed E-state index contributed by atoms with van der Waals surface area (Å²) in [5.41, 5.74) is 6.03. The SMILES string of the molecule is Cc1cccc(CNc2nccn3c(-c4ccc(C(=O)CC5CC5)cc4)cnc23)c1. The van der Waals surface area contributed by atoms with Crippen molar-refractivity contribution in [1.82, 2.24) is 14.4 Å². The van der Waals surface area contributed by atoms with Crippen molar-refractivity contribution in [3.05, 3.63) is 83.8 Å². The van der Waals surface area contributed by atoms with Crippen molar-refractivity contribution in [2.75, 3.05) is 5.32 Å². The molecule has 1 saturated carbocycles. The Bertz CT molecular complexity index is 1210. The molecule has 30 heavy (non-hydrogen) atoms. The second-order valence-corrected chi connectivity index (χ2v) is 8.10. The second kappa shape index (κ2) is 7.75. The number of fused-ring (bicyclic) bond motifs is 1. The van der Waals surface area contributed by atoms with Crippen LogP contribution in [0.15, 0.2) is 67.1 Å². The van der Waals surface area contributed by atoms with Gasteiger partial charge in [0.25, 0.3) is 0 Å². The predicted molar refractivity (Wildman–Crippen MR) is 119 cm³/mol. The Morgan fingerprint density at radius 1 is 1.13 bits per heavy atom. The fourth-order valence-electron chi connectivity index (χ4n) is 3.79. The van der Waals surface area contributed by atoms with E-state index in [2.05, 4.69) is 46.5 Å². The lowest BCUT2D eigenvalue weighted by atomic mass is 10.0. The first-order valence-electron chi connectivity index (χ1n) is 10.4. The molecule has 0 bridgehead atoms. The van der Waals surface area contributed by atoms with Gasteiger partial charge >= 0.3 is 0 Å². The molecule has 1 N–H and O–H groups in total. The summed E-state index contributed by atoms with van der Waals surface area (Å²) in [7, 11) is 0. The average molecular weight is 396 g/mol. The number of carbonyl (C=O) groups excluding carboxylic acids is 1. The van der Waals surface area contributed by atoms with E-state index in [1.165, 1.54) is 24.0 Å². The van der Waals surface area contributed by atoms with Crippen LogP contribution >= 0.6 is 0 Å². The Hall–Kier alpha value is -3.47. The van der Waals surface area contributed by atoms with Crippen LogP contribution in [0.5, 0.6) is 0 Å². The molecule has 1 aliphatic rings. The van der Waals surface area contributed by atoms with Gasteiger partial charge in [-0.05, 0) is 31.2 Å². The Balaban J connectivity index is 1.38. The third kappa shape index (κ3) is 3.83. The quantitative estimate of drug-likeness (QED) is 0.431. The molecule has 5 rings (SSSR count). The minimum Gasteiger partial charge on any atom is -0.363 e. The number of rotatable bonds is 7. The van der Waals surface area contributed by atoms with Crippen molar-refractivity contribution in [3.8, 4) is 11.3 Å². The van der Waals surface area contributed by atoms with Crippen LogP contribution in [0.3, 0.4) is 0 Å². The number of Topliss-reactive ketones (excluding diaryl/α,β-unsaturated/α-hetero) is 1. The van der Waals surface area contributed by atoms with Crippen molar-refractivity contribution in [2.24, 2.45) is 5.92 Å². The zero-order chi connectivity index (χ0) is 20.5. The van der Waals surface area contributed by atoms with Gasteiger partial charge in [-0.3, -0.25) is 9.20 Å². The number of ketones is 1. The van der Waals surface area contributed by atoms with Crippen molar-refractivity contribution >= 4 is 17.2 Å². The van der Waals surface area contributed by atoms with Gasteiger partial charge in [0.1, 0.15) is 0 Å². The first-order chi connectivity index (χ1) is 14.7. The highest BCUT2D eigenvalue weighted by Crippen LogP contribution is 2.33. The zero-order valence-electron chi connectivity index (χ0n) is 17.0. The van der Waals surface area contributed by atoms with Gasteiger partial charge in [0.05, 0.1) is 11.9 Å². The number of hydrogen-bond donors (Lipinski definition) is 1. The lowest BCUT2D eigenvalue weighted by Gasteiger charge is -2.09. The molecule has 0 aliphatic heterocycles. The highest BCUT2D eigenvalue weighted by atomic mass is 16.1. The lowest BCUT2D eigenvalue weighted by Crippen LogP contribution is -2.04. The first kappa shape index (κ1) is 18.6. The summed E-state index contributed by atoms with van der Waals surface area (Å²) in [5.74, 6) is 1.60. The van der Waals surface area contributed by atoms with E-state index in [1.807, 2.05) is 41.1 Å². The molecule has 4 aromatic rings. The summed E-state index contributed by atoms with van der Waals surface area (Å²) in [6.45, 7) is 2.78. The topological polar surface area (TPSA) is 59.3 Å². The maximum atomic E-state index is 12.3. The number of nitrogens with one attached hydrogen (secondary N) is 1. The average Bonchev–Trinajstić information content (AvgIpc) is 3.47. The lowest BCUT2D eigenvalue weighted by molar-refractivity contribution is 0.0976. The number of imidazole rings is 1. The van der Waals surface area contributed by atoms with Crippen LogP contribution in [0.4, 0.5) is 5.82 Å². The van der Waals surface area contributed by atoms with Crippen LogP contribution in [0.2, 0.25) is 0 Å². The Morgan fingerprint density at radius 2 is 1.97 bits per heavy atom. The molecule has 2 aromatic heterocycles. The molecule has 0 unspecified atom stereocenters. The Morgan fingerprint density at radius 3 is 2.73 bits per heavy atom. The van der Waals surface area contributed by atoms with Gasteiger partial charge in [0.2, 0.25) is 0 Å². The van der Waals surface area contributed by atoms with E-state index in [0.29, 0.717) is 18.9 Å². The summed E-state index contributed by atoms with van der Waals surface area (Å²) in [6.07, 6.45) is 8.62. The predicted octanol–water partition coefficient (Wildman–Crippen LogP) is 5.30. The van der Waals surface area contributed by atoms with Crippen LogP contribution in [-0.4, -0.2) is 20.2 Å². The largest absolute Gasteiger partial charge is 0.363 e. The number of aromatic nitrogens is 3. The van der Waals surface area contributed by atoms with Crippen LogP contribution in [0, 0.1) is 12.8 Å². The van der Waals surface area contributed by atoms with Gasteiger partial charge in [-0.15, -0.1) is 0 Å². The standard InChI is InChI=1S/C25H24N4O/c1-17-3-2-4-19(13-17)15-27-24-25-28-16-22(29(25)12-11-26-24)20-7-9-21(10-8-20)23(30)14-18-5-6-18/h2-4,7-13,16,18H,5-6,14-15H2,1H3,(H,26,27). The van der Waals surface area contributed by atoms with Crippen LogP contribution in [0.25, 0.3) is 16.9 Å². The van der Waals surface area contributed by atoms with Crippen molar-refractivity contribution in [2.45, 2.75) is 32.7 Å². The monoisotopic (exact) mass is 396 g/mol. The van der Waals surface area contributed by atoms with E-state index in [-0.39, 0.29) is 5.78 Å². The smallest absolute Gasteiger partial charge is 0.180 e. The van der Waals surface area contributed by atoms with Gasteiger partial charge in [-0.2, -0.15) is 0 Å². The van der Waals surface area contributed by atoms with Gasteiger partial charge in [0.15, 0.2) is 17.2 Å². The number of nitrogens with zero attached hydrogens (tertiary/aromatic N) is 3. The van der Waals surface area contributed by atoms with Gasteiger partial charge in [-0.1, -0.05) is 54.1 Å². The van der Waals surface area contributed by atoms with Crippen LogP contribution in [-0.2, 0) is 6.54 Å².